The number of carbonyl (C=O) groups excluding carboxylic acids is 1. The van der Waals surface area contributed by atoms with Crippen LogP contribution in [0.3, 0.4) is 0 Å². The lowest BCUT2D eigenvalue weighted by molar-refractivity contribution is -0.175. The van der Waals surface area contributed by atoms with E-state index in [-0.39, 0.29) is 17.3 Å². The van der Waals surface area contributed by atoms with Crippen LogP contribution in [0.15, 0.2) is 0 Å². The molecule has 0 spiro atoms. The van der Waals surface area contributed by atoms with E-state index in [0.29, 0.717) is 17.9 Å². The molecule has 1 N–H and O–H groups in total. The predicted octanol–water partition coefficient (Wildman–Crippen LogP) is 3.93. The number of rotatable bonds is 3. The number of ether oxygens (including phenoxy) is 1. The maximum absolute atomic E-state index is 11.0. The fourth-order valence-electron chi connectivity index (χ4n) is 5.59. The van der Waals surface area contributed by atoms with Crippen LogP contribution in [0.2, 0.25) is 0 Å². The van der Waals surface area contributed by atoms with Gasteiger partial charge in [-0.05, 0) is 61.7 Å². The van der Waals surface area contributed by atoms with Gasteiger partial charge < -0.3 is 9.84 Å². The Morgan fingerprint density at radius 1 is 1.19 bits per heavy atom. The highest BCUT2D eigenvalue weighted by atomic mass is 16.5. The minimum Gasteiger partial charge on any atom is -0.466 e. The Kier molecular flexibility index (Phi) is 4.45. The number of aliphatic hydroxyl groups is 1. The van der Waals surface area contributed by atoms with Crippen molar-refractivity contribution in [3.8, 4) is 0 Å². The second-order valence-electron chi connectivity index (χ2n) is 8.48. The summed E-state index contributed by atoms with van der Waals surface area (Å²) in [6.45, 7) is 11.0. The van der Waals surface area contributed by atoms with E-state index in [1.165, 1.54) is 26.2 Å². The molecule has 2 aliphatic rings. The molecule has 2 rings (SSSR count). The van der Waals surface area contributed by atoms with Gasteiger partial charge in [0.15, 0.2) is 0 Å². The van der Waals surface area contributed by atoms with Crippen LogP contribution in [0.25, 0.3) is 0 Å². The first-order chi connectivity index (χ1) is 9.59. The van der Waals surface area contributed by atoms with Gasteiger partial charge in [0.05, 0.1) is 12.2 Å². The Morgan fingerprint density at radius 3 is 2.48 bits per heavy atom. The van der Waals surface area contributed by atoms with Crippen LogP contribution < -0.4 is 0 Å². The fourth-order valence-corrected chi connectivity index (χ4v) is 5.59. The van der Waals surface area contributed by atoms with Crippen LogP contribution in [0.4, 0.5) is 0 Å². The third kappa shape index (κ3) is 3.13. The lowest BCUT2D eigenvalue weighted by atomic mass is 9.45. The summed E-state index contributed by atoms with van der Waals surface area (Å²) >= 11 is 0. The third-order valence-electron chi connectivity index (χ3n) is 6.47. The van der Waals surface area contributed by atoms with Crippen molar-refractivity contribution < 1.29 is 14.6 Å². The molecule has 2 fully saturated rings. The minimum atomic E-state index is -0.640. The van der Waals surface area contributed by atoms with E-state index in [1.807, 2.05) is 6.92 Å². The van der Waals surface area contributed by atoms with Crippen LogP contribution >= 0.6 is 0 Å². The zero-order chi connectivity index (χ0) is 15.9. The normalized spacial score (nSPS) is 42.2. The molecule has 2 saturated carbocycles. The lowest BCUT2D eigenvalue weighted by Gasteiger charge is -2.61. The molecule has 0 aromatic carbocycles. The van der Waals surface area contributed by atoms with Crippen molar-refractivity contribution in [1.29, 1.82) is 0 Å². The number of hydrogen-bond acceptors (Lipinski definition) is 3. The summed E-state index contributed by atoms with van der Waals surface area (Å²) in [5.74, 6) is 0.639. The first kappa shape index (κ1) is 16.8. The van der Waals surface area contributed by atoms with Crippen LogP contribution in [-0.2, 0) is 9.53 Å². The largest absolute Gasteiger partial charge is 0.466 e. The highest BCUT2D eigenvalue weighted by Crippen LogP contribution is 2.62. The molecule has 21 heavy (non-hydrogen) atoms. The van der Waals surface area contributed by atoms with Crippen molar-refractivity contribution in [2.75, 3.05) is 6.61 Å². The van der Waals surface area contributed by atoms with E-state index in [4.69, 9.17) is 4.74 Å². The van der Waals surface area contributed by atoms with E-state index in [0.717, 1.165) is 19.3 Å². The SMILES string of the molecule is CC(=O)OCC[C@@H]1[C@@]2(C)CCCC(C)(C)[C@@H]2CC[C@]1(C)O. The highest BCUT2D eigenvalue weighted by molar-refractivity contribution is 5.65. The first-order valence-electron chi connectivity index (χ1n) is 8.45. The maximum atomic E-state index is 11.0. The van der Waals surface area contributed by atoms with E-state index in [2.05, 4.69) is 20.8 Å². The lowest BCUT2D eigenvalue weighted by Crippen LogP contribution is -2.57. The summed E-state index contributed by atoms with van der Waals surface area (Å²) in [7, 11) is 0. The fraction of sp³-hybridized carbons (Fsp3) is 0.944. The highest BCUT2D eigenvalue weighted by Gasteiger charge is 2.57. The van der Waals surface area contributed by atoms with Gasteiger partial charge in [-0.2, -0.15) is 0 Å². The minimum absolute atomic E-state index is 0.156. The van der Waals surface area contributed by atoms with Crippen molar-refractivity contribution in [2.24, 2.45) is 22.7 Å². The average Bonchev–Trinajstić information content (AvgIpc) is 2.31. The van der Waals surface area contributed by atoms with Crippen LogP contribution in [-0.4, -0.2) is 23.3 Å². The molecular weight excluding hydrogens is 264 g/mol. The van der Waals surface area contributed by atoms with Gasteiger partial charge in [-0.15, -0.1) is 0 Å². The summed E-state index contributed by atoms with van der Waals surface area (Å²) in [5.41, 5.74) is -0.133. The molecule has 4 atom stereocenters. The molecule has 0 amide bonds. The number of esters is 1. The number of fused-ring (bicyclic) bond motifs is 1. The third-order valence-corrected chi connectivity index (χ3v) is 6.47. The molecular formula is C18H32O3. The van der Waals surface area contributed by atoms with E-state index < -0.39 is 5.60 Å². The van der Waals surface area contributed by atoms with Crippen molar-refractivity contribution >= 4 is 5.97 Å². The molecule has 0 bridgehead atoms. The van der Waals surface area contributed by atoms with E-state index in [1.54, 1.807) is 0 Å². The van der Waals surface area contributed by atoms with Gasteiger partial charge in [0.2, 0.25) is 0 Å². The van der Waals surface area contributed by atoms with Crippen molar-refractivity contribution in [2.45, 2.75) is 78.7 Å². The van der Waals surface area contributed by atoms with Gasteiger partial charge in [0.25, 0.3) is 0 Å². The standard InChI is InChI=1S/C18H32O3/c1-13(19)21-12-8-15-17(4)10-6-9-16(2,3)14(17)7-11-18(15,5)20/h14-15,20H,6-12H2,1-5H3/t14-,15+,17-,18-/m0/s1. The molecule has 3 heteroatoms. The van der Waals surface area contributed by atoms with Gasteiger partial charge in [-0.25, -0.2) is 0 Å². The molecule has 0 radical (unpaired) electrons. The van der Waals surface area contributed by atoms with Gasteiger partial charge in [-0.3, -0.25) is 4.79 Å². The summed E-state index contributed by atoms with van der Waals surface area (Å²) in [5, 5.41) is 10.9. The Bertz CT molecular complexity index is 399. The number of carbonyl (C=O) groups is 1. The first-order valence-corrected chi connectivity index (χ1v) is 8.45. The Balaban J connectivity index is 2.22. The van der Waals surface area contributed by atoms with E-state index >= 15 is 0 Å². The molecule has 0 aromatic rings. The molecule has 3 nitrogen and oxygen atoms in total. The Hall–Kier alpha value is -0.570. The van der Waals surface area contributed by atoms with Crippen LogP contribution in [0.5, 0.6) is 0 Å². The zero-order valence-corrected chi connectivity index (χ0v) is 14.4. The Labute approximate surface area is 129 Å². The molecule has 0 aromatic heterocycles. The van der Waals surface area contributed by atoms with Crippen molar-refractivity contribution in [3.63, 3.8) is 0 Å². The summed E-state index contributed by atoms with van der Waals surface area (Å²) in [6.07, 6.45) is 6.45. The Morgan fingerprint density at radius 2 is 1.86 bits per heavy atom. The van der Waals surface area contributed by atoms with Gasteiger partial charge >= 0.3 is 5.97 Å². The van der Waals surface area contributed by atoms with Gasteiger partial charge in [-0.1, -0.05) is 27.2 Å². The van der Waals surface area contributed by atoms with Crippen LogP contribution in [0, 0.1) is 22.7 Å². The number of hydrogen-bond donors (Lipinski definition) is 1. The van der Waals surface area contributed by atoms with E-state index in [9.17, 15) is 9.90 Å². The average molecular weight is 296 g/mol. The maximum Gasteiger partial charge on any atom is 0.302 e. The molecule has 0 heterocycles. The van der Waals surface area contributed by atoms with Crippen molar-refractivity contribution in [1.82, 2.24) is 0 Å². The predicted molar refractivity (Wildman–Crippen MR) is 83.8 cm³/mol. The van der Waals surface area contributed by atoms with Crippen LogP contribution in [0.1, 0.15) is 73.1 Å². The van der Waals surface area contributed by atoms with Gasteiger partial charge in [0.1, 0.15) is 0 Å². The summed E-state index contributed by atoms with van der Waals surface area (Å²) < 4.78 is 5.16. The molecule has 2 aliphatic carbocycles. The summed E-state index contributed by atoms with van der Waals surface area (Å²) in [4.78, 5) is 11.0. The zero-order valence-electron chi connectivity index (χ0n) is 14.4. The second-order valence-corrected chi connectivity index (χ2v) is 8.48. The topological polar surface area (TPSA) is 46.5 Å². The quantitative estimate of drug-likeness (QED) is 0.803. The molecule has 0 saturated heterocycles. The molecule has 0 unspecified atom stereocenters. The smallest absolute Gasteiger partial charge is 0.302 e. The van der Waals surface area contributed by atoms with Crippen molar-refractivity contribution in [3.05, 3.63) is 0 Å². The molecule has 0 aliphatic heterocycles. The second kappa shape index (κ2) is 5.57. The van der Waals surface area contributed by atoms with Gasteiger partial charge in [0, 0.05) is 6.92 Å². The summed E-state index contributed by atoms with van der Waals surface area (Å²) in [6, 6.07) is 0. The monoisotopic (exact) mass is 296 g/mol. The molecule has 122 valence electrons.